The van der Waals surface area contributed by atoms with Crippen molar-refractivity contribution in [2.24, 2.45) is 0 Å². The lowest BCUT2D eigenvalue weighted by molar-refractivity contribution is -0.870. The highest BCUT2D eigenvalue weighted by atomic mass is 31.2. The standard InChI is InChI=1S/C78H149N2O7P/c1-7-10-13-16-19-22-25-28-30-32-34-36-38-40-42-44-46-48-50-52-55-58-61-64-67-70-77(81)79-75(74-86-88(83,84)85-73-72-80(4,5)6)76(69-66-63-60-57-54-27-24-21-18-15-12-9-3)87-78(82)71-68-65-62-59-56-53-51-49-47-45-43-41-39-37-35-33-31-29-26-23-20-17-14-11-8-2/h19,22,28,30,34,36,66,69,75-76H,7-18,20-21,23-27,29,31-33,35,37-65,67-68,70-74H2,1-6H3,(H-,79,81,83,84)/p+1/b22-19-,30-28-,36-34-,69-66+. The zero-order valence-corrected chi connectivity index (χ0v) is 60.4. The number of unbranched alkanes of at least 4 members (excludes halogenated alkanes) is 49. The minimum Gasteiger partial charge on any atom is -0.456 e. The van der Waals surface area contributed by atoms with E-state index in [4.69, 9.17) is 13.8 Å². The van der Waals surface area contributed by atoms with Crippen molar-refractivity contribution in [3.05, 3.63) is 48.6 Å². The third kappa shape index (κ3) is 68.3. The molecular formula is C78H150N2O7P+. The molecule has 0 aromatic carbocycles. The molecule has 0 spiro atoms. The van der Waals surface area contributed by atoms with Gasteiger partial charge in [-0.1, -0.05) is 352 Å². The Morgan fingerprint density at radius 2 is 0.693 bits per heavy atom. The minimum absolute atomic E-state index is 0.0419. The third-order valence-corrected chi connectivity index (χ3v) is 18.5. The molecule has 518 valence electrons. The number of rotatable bonds is 71. The average molecular weight is 1260 g/mol. The van der Waals surface area contributed by atoms with Crippen molar-refractivity contribution in [3.8, 4) is 0 Å². The fourth-order valence-corrected chi connectivity index (χ4v) is 12.3. The predicted molar refractivity (Wildman–Crippen MR) is 383 cm³/mol. The van der Waals surface area contributed by atoms with Gasteiger partial charge in [0.15, 0.2) is 0 Å². The molecule has 9 nitrogen and oxygen atoms in total. The van der Waals surface area contributed by atoms with Crippen molar-refractivity contribution >= 4 is 19.7 Å². The molecule has 0 aliphatic carbocycles. The van der Waals surface area contributed by atoms with Crippen LogP contribution >= 0.6 is 7.82 Å². The maximum Gasteiger partial charge on any atom is 0.472 e. The van der Waals surface area contributed by atoms with Crippen molar-refractivity contribution in [3.63, 3.8) is 0 Å². The summed E-state index contributed by atoms with van der Waals surface area (Å²) in [6, 6.07) is -0.848. The van der Waals surface area contributed by atoms with Gasteiger partial charge < -0.3 is 19.4 Å². The molecule has 0 radical (unpaired) electrons. The second-order valence-electron chi connectivity index (χ2n) is 27.5. The summed E-state index contributed by atoms with van der Waals surface area (Å²) in [6.07, 6.45) is 87.1. The molecule has 2 N–H and O–H groups in total. The van der Waals surface area contributed by atoms with Crippen molar-refractivity contribution in [1.29, 1.82) is 0 Å². The van der Waals surface area contributed by atoms with E-state index < -0.39 is 20.0 Å². The van der Waals surface area contributed by atoms with Gasteiger partial charge in [0, 0.05) is 12.8 Å². The monoisotopic (exact) mass is 1260 g/mol. The van der Waals surface area contributed by atoms with Crippen molar-refractivity contribution in [2.45, 2.75) is 399 Å². The summed E-state index contributed by atoms with van der Waals surface area (Å²) in [7, 11) is 1.51. The van der Waals surface area contributed by atoms with Crippen molar-refractivity contribution in [2.75, 3.05) is 40.9 Å². The molecule has 0 saturated heterocycles. The summed E-state index contributed by atoms with van der Waals surface area (Å²) < 4.78 is 30.9. The number of quaternary nitrogens is 1. The Hall–Kier alpha value is -2.03. The molecule has 0 aliphatic rings. The third-order valence-electron chi connectivity index (χ3n) is 17.5. The van der Waals surface area contributed by atoms with E-state index in [1.54, 1.807) is 0 Å². The van der Waals surface area contributed by atoms with Crippen LogP contribution in [0.25, 0.3) is 0 Å². The van der Waals surface area contributed by atoms with E-state index in [-0.39, 0.29) is 25.1 Å². The lowest BCUT2D eigenvalue weighted by Gasteiger charge is -2.27. The summed E-state index contributed by atoms with van der Waals surface area (Å²) in [6.45, 7) is 7.05. The number of phosphoric ester groups is 1. The Morgan fingerprint density at radius 3 is 1.06 bits per heavy atom. The smallest absolute Gasteiger partial charge is 0.456 e. The first kappa shape index (κ1) is 86.0. The van der Waals surface area contributed by atoms with Crippen LogP contribution in [0.3, 0.4) is 0 Å². The maximum absolute atomic E-state index is 13.6. The van der Waals surface area contributed by atoms with Gasteiger partial charge in [-0.15, -0.1) is 0 Å². The highest BCUT2D eigenvalue weighted by Crippen LogP contribution is 2.43. The second-order valence-corrected chi connectivity index (χ2v) is 29.0. The lowest BCUT2D eigenvalue weighted by atomic mass is 10.0. The molecule has 0 bridgehead atoms. The lowest BCUT2D eigenvalue weighted by Crippen LogP contribution is -2.47. The van der Waals surface area contributed by atoms with Crippen LogP contribution in [0.2, 0.25) is 0 Å². The second kappa shape index (κ2) is 67.8. The van der Waals surface area contributed by atoms with Gasteiger partial charge in [0.05, 0.1) is 33.8 Å². The van der Waals surface area contributed by atoms with Crippen LogP contribution in [0, 0.1) is 0 Å². The van der Waals surface area contributed by atoms with Gasteiger partial charge in [-0.2, -0.15) is 0 Å². The van der Waals surface area contributed by atoms with Gasteiger partial charge in [-0.3, -0.25) is 18.6 Å². The number of carbonyl (C=O) groups is 2. The highest BCUT2D eigenvalue weighted by molar-refractivity contribution is 7.47. The molecular weight excluding hydrogens is 1110 g/mol. The summed E-state index contributed by atoms with van der Waals surface area (Å²) in [5.74, 6) is -0.486. The minimum atomic E-state index is -4.46. The van der Waals surface area contributed by atoms with E-state index >= 15 is 0 Å². The SMILES string of the molecule is CCCCC/C=C\C/C=C\C/C=C\CCCCCCCCCCCCCCC(=O)NC(COP(=O)(O)OCC[N+](C)(C)C)C(/C=C/CCCCCCCCCCCC)OC(=O)CCCCCCCCCCCCCCCCCCCCCCCCCCC. The van der Waals surface area contributed by atoms with E-state index in [0.29, 0.717) is 23.9 Å². The molecule has 3 atom stereocenters. The van der Waals surface area contributed by atoms with Crippen LogP contribution in [0.5, 0.6) is 0 Å². The molecule has 0 rings (SSSR count). The Balaban J connectivity index is 4.95. The Labute approximate surface area is 548 Å². The van der Waals surface area contributed by atoms with E-state index in [0.717, 1.165) is 70.6 Å². The number of nitrogens with zero attached hydrogens (tertiary/aromatic N) is 1. The van der Waals surface area contributed by atoms with Crippen molar-refractivity contribution < 1.29 is 37.3 Å². The Morgan fingerprint density at radius 1 is 0.398 bits per heavy atom. The number of esters is 1. The summed E-state index contributed by atoms with van der Waals surface area (Å²) in [4.78, 5) is 38.0. The fraction of sp³-hybridized carbons (Fsp3) is 0.872. The quantitative estimate of drug-likeness (QED) is 0.0205. The number of phosphoric acid groups is 1. The van der Waals surface area contributed by atoms with E-state index in [2.05, 4.69) is 68.6 Å². The van der Waals surface area contributed by atoms with Crippen LogP contribution in [0.15, 0.2) is 48.6 Å². The Kier molecular flexibility index (Phi) is 66.3. The number of likely N-dealkylation sites (N-methyl/N-ethyl adjacent to an activating group) is 1. The predicted octanol–water partition coefficient (Wildman–Crippen LogP) is 24.7. The molecule has 0 aromatic rings. The molecule has 0 heterocycles. The number of carbonyl (C=O) groups excluding carboxylic acids is 2. The summed E-state index contributed by atoms with van der Waals surface area (Å²) >= 11 is 0. The zero-order valence-electron chi connectivity index (χ0n) is 59.5. The fourth-order valence-electron chi connectivity index (χ4n) is 11.6. The molecule has 3 unspecified atom stereocenters. The molecule has 0 aliphatic heterocycles. The van der Waals surface area contributed by atoms with E-state index in [1.807, 2.05) is 27.2 Å². The largest absolute Gasteiger partial charge is 0.472 e. The van der Waals surface area contributed by atoms with E-state index in [9.17, 15) is 19.0 Å². The first-order valence-corrected chi connectivity index (χ1v) is 40.0. The first-order valence-electron chi connectivity index (χ1n) is 38.5. The van der Waals surface area contributed by atoms with Crippen LogP contribution < -0.4 is 5.32 Å². The van der Waals surface area contributed by atoms with Gasteiger partial charge >= 0.3 is 13.8 Å². The van der Waals surface area contributed by atoms with Crippen LogP contribution in [-0.2, 0) is 27.9 Å². The Bertz CT molecular complexity index is 1640. The van der Waals surface area contributed by atoms with Gasteiger partial charge in [0.2, 0.25) is 5.91 Å². The first-order chi connectivity index (χ1) is 42.9. The van der Waals surface area contributed by atoms with Crippen molar-refractivity contribution in [1.82, 2.24) is 5.32 Å². The molecule has 0 aromatic heterocycles. The van der Waals surface area contributed by atoms with Gasteiger partial charge in [-0.05, 0) is 70.3 Å². The zero-order chi connectivity index (χ0) is 64.2. The topological polar surface area (TPSA) is 111 Å². The number of hydrogen-bond acceptors (Lipinski definition) is 6. The number of nitrogens with one attached hydrogen (secondary N) is 1. The number of allylic oxidation sites excluding steroid dienone is 7. The van der Waals surface area contributed by atoms with E-state index in [1.165, 1.54) is 283 Å². The molecule has 0 fully saturated rings. The average Bonchev–Trinajstić information content (AvgIpc) is 3.71. The summed E-state index contributed by atoms with van der Waals surface area (Å²) in [5.41, 5.74) is 0. The van der Waals surface area contributed by atoms with Gasteiger partial charge in [0.25, 0.3) is 0 Å². The van der Waals surface area contributed by atoms with Crippen LogP contribution in [0.1, 0.15) is 387 Å². The molecule has 10 heteroatoms. The number of amides is 1. The molecule has 88 heavy (non-hydrogen) atoms. The van der Waals surface area contributed by atoms with Gasteiger partial charge in [-0.25, -0.2) is 4.57 Å². The highest BCUT2D eigenvalue weighted by Gasteiger charge is 2.30. The van der Waals surface area contributed by atoms with Crippen LogP contribution in [-0.4, -0.2) is 74.3 Å². The normalized spacial score (nSPS) is 13.7. The molecule has 1 amide bonds. The maximum atomic E-state index is 13.6. The molecule has 0 saturated carbocycles. The summed E-state index contributed by atoms with van der Waals surface area (Å²) in [5, 5.41) is 3.08. The number of hydrogen-bond donors (Lipinski definition) is 2. The van der Waals surface area contributed by atoms with Gasteiger partial charge in [0.1, 0.15) is 19.3 Å². The van der Waals surface area contributed by atoms with Crippen LogP contribution in [0.4, 0.5) is 0 Å². The number of ether oxygens (including phenoxy) is 1.